The Morgan fingerprint density at radius 2 is 2.12 bits per heavy atom. The fraction of sp³-hybridized carbons (Fsp3) is 0.800. The van der Waals surface area contributed by atoms with Crippen LogP contribution in [0.5, 0.6) is 0 Å². The molecule has 0 rings (SSSR count). The Labute approximate surface area is 55.6 Å². The van der Waals surface area contributed by atoms with Gasteiger partial charge in [0.1, 0.15) is 0 Å². The molecule has 0 saturated heterocycles. The molecule has 0 aliphatic heterocycles. The van der Waals surface area contributed by atoms with E-state index in [0.717, 1.165) is 6.42 Å². The van der Waals surface area contributed by atoms with Crippen LogP contribution in [-0.4, -0.2) is 13.1 Å². The van der Waals surface area contributed by atoms with E-state index in [1.165, 1.54) is 7.11 Å². The zero-order valence-electron chi connectivity index (χ0n) is 5.14. The van der Waals surface area contributed by atoms with Gasteiger partial charge in [-0.1, -0.05) is 6.92 Å². The lowest BCUT2D eigenvalue weighted by Crippen LogP contribution is -1.97. The minimum atomic E-state index is -0.123. The maximum atomic E-state index is 10.2. The van der Waals surface area contributed by atoms with Crippen LogP contribution in [0.1, 0.15) is 19.8 Å². The second-order valence-corrected chi connectivity index (χ2v) is 1.33. The number of esters is 1. The number of rotatable bonds is 2. The highest BCUT2D eigenvalue weighted by atomic mass is 35.5. The van der Waals surface area contributed by atoms with Crippen LogP contribution in [0.25, 0.3) is 0 Å². The Bertz CT molecular complexity index is 63.4. The highest BCUT2D eigenvalue weighted by Crippen LogP contribution is 1.86. The Morgan fingerprint density at radius 1 is 1.62 bits per heavy atom. The van der Waals surface area contributed by atoms with Crippen molar-refractivity contribution in [2.24, 2.45) is 0 Å². The summed E-state index contributed by atoms with van der Waals surface area (Å²) in [5.74, 6) is -0.123. The quantitative estimate of drug-likeness (QED) is 0.539. The molecule has 3 heteroatoms. The summed E-state index contributed by atoms with van der Waals surface area (Å²) in [5, 5.41) is 0. The third kappa shape index (κ3) is 5.76. The van der Waals surface area contributed by atoms with Gasteiger partial charge in [-0.3, -0.25) is 4.79 Å². The number of carbonyl (C=O) groups is 1. The third-order valence-corrected chi connectivity index (χ3v) is 0.682. The van der Waals surface area contributed by atoms with Gasteiger partial charge in [0.15, 0.2) is 0 Å². The van der Waals surface area contributed by atoms with Crippen molar-refractivity contribution in [1.29, 1.82) is 0 Å². The molecular formula is C5H11ClO2. The fourth-order valence-corrected chi connectivity index (χ4v) is 0.306. The molecule has 0 N–H and O–H groups in total. The molecule has 0 aliphatic rings. The summed E-state index contributed by atoms with van der Waals surface area (Å²) in [5.41, 5.74) is 0. The predicted octanol–water partition coefficient (Wildman–Crippen LogP) is 1.38. The molecule has 0 radical (unpaired) electrons. The molecule has 0 heterocycles. The molecule has 0 bridgehead atoms. The van der Waals surface area contributed by atoms with Crippen molar-refractivity contribution >= 4 is 18.4 Å². The molecule has 0 aromatic rings. The molecule has 0 unspecified atom stereocenters. The van der Waals surface area contributed by atoms with Crippen molar-refractivity contribution in [3.8, 4) is 0 Å². The average molecular weight is 139 g/mol. The van der Waals surface area contributed by atoms with Crippen molar-refractivity contribution in [1.82, 2.24) is 0 Å². The standard InChI is InChI=1S/C5H10O2.ClH/c1-3-4-5(6)7-2;/h3-4H2,1-2H3;1H. The van der Waals surface area contributed by atoms with E-state index in [1.807, 2.05) is 6.92 Å². The molecule has 0 spiro atoms. The maximum absolute atomic E-state index is 10.2. The SMILES string of the molecule is CCCC(=O)OC.Cl. The van der Waals surface area contributed by atoms with Gasteiger partial charge in [0.2, 0.25) is 0 Å². The van der Waals surface area contributed by atoms with E-state index in [0.29, 0.717) is 6.42 Å². The number of ether oxygens (including phenoxy) is 1. The molecule has 0 aliphatic carbocycles. The number of methoxy groups -OCH3 is 1. The van der Waals surface area contributed by atoms with E-state index in [4.69, 9.17) is 0 Å². The van der Waals surface area contributed by atoms with Crippen LogP contribution >= 0.6 is 12.4 Å². The van der Waals surface area contributed by atoms with Gasteiger partial charge in [-0.05, 0) is 6.42 Å². The molecule has 0 fully saturated rings. The van der Waals surface area contributed by atoms with Crippen LogP contribution in [0, 0.1) is 0 Å². The van der Waals surface area contributed by atoms with Crippen LogP contribution in [0.2, 0.25) is 0 Å². The molecule has 0 saturated carbocycles. The van der Waals surface area contributed by atoms with Gasteiger partial charge >= 0.3 is 5.97 Å². The van der Waals surface area contributed by atoms with Gasteiger partial charge < -0.3 is 4.74 Å². The highest BCUT2D eigenvalue weighted by molar-refractivity contribution is 5.85. The second kappa shape index (κ2) is 6.76. The molecule has 0 atom stereocenters. The number of hydrogen-bond donors (Lipinski definition) is 0. The van der Waals surface area contributed by atoms with Gasteiger partial charge in [-0.2, -0.15) is 0 Å². The molecule has 2 nitrogen and oxygen atoms in total. The topological polar surface area (TPSA) is 26.3 Å². The molecule has 50 valence electrons. The Morgan fingerprint density at radius 3 is 2.25 bits per heavy atom. The number of hydrogen-bond acceptors (Lipinski definition) is 2. The van der Waals surface area contributed by atoms with Crippen LogP contribution in [0.3, 0.4) is 0 Å². The van der Waals surface area contributed by atoms with Gasteiger partial charge in [0.25, 0.3) is 0 Å². The zero-order chi connectivity index (χ0) is 5.70. The van der Waals surface area contributed by atoms with Gasteiger partial charge in [0.05, 0.1) is 7.11 Å². The monoisotopic (exact) mass is 138 g/mol. The lowest BCUT2D eigenvalue weighted by Gasteiger charge is -1.91. The van der Waals surface area contributed by atoms with Gasteiger partial charge in [-0.25, -0.2) is 0 Å². The number of carbonyl (C=O) groups excluding carboxylic acids is 1. The van der Waals surface area contributed by atoms with Crippen molar-refractivity contribution in [3.05, 3.63) is 0 Å². The normalized spacial score (nSPS) is 7.25. The van der Waals surface area contributed by atoms with E-state index in [1.54, 1.807) is 0 Å². The summed E-state index contributed by atoms with van der Waals surface area (Å²) in [6.45, 7) is 1.94. The smallest absolute Gasteiger partial charge is 0.305 e. The first-order valence-electron chi connectivity index (χ1n) is 2.38. The fourth-order valence-electron chi connectivity index (χ4n) is 0.306. The maximum Gasteiger partial charge on any atom is 0.305 e. The molecular weight excluding hydrogens is 128 g/mol. The Balaban J connectivity index is 0. The zero-order valence-corrected chi connectivity index (χ0v) is 5.96. The number of halogens is 1. The first kappa shape index (κ1) is 10.7. The molecule has 0 amide bonds. The summed E-state index contributed by atoms with van der Waals surface area (Å²) in [6.07, 6.45) is 1.41. The van der Waals surface area contributed by atoms with Crippen molar-refractivity contribution < 1.29 is 9.53 Å². The summed E-state index contributed by atoms with van der Waals surface area (Å²) < 4.78 is 4.35. The Hall–Kier alpha value is -0.240. The highest BCUT2D eigenvalue weighted by Gasteiger charge is 1.92. The van der Waals surface area contributed by atoms with Crippen molar-refractivity contribution in [3.63, 3.8) is 0 Å². The summed E-state index contributed by atoms with van der Waals surface area (Å²) in [4.78, 5) is 10.2. The first-order valence-corrected chi connectivity index (χ1v) is 2.38. The van der Waals surface area contributed by atoms with E-state index in [-0.39, 0.29) is 18.4 Å². The van der Waals surface area contributed by atoms with Crippen LogP contribution < -0.4 is 0 Å². The van der Waals surface area contributed by atoms with E-state index in [9.17, 15) is 4.79 Å². The van der Waals surface area contributed by atoms with Crippen molar-refractivity contribution in [2.45, 2.75) is 19.8 Å². The minimum absolute atomic E-state index is 0. The van der Waals surface area contributed by atoms with Crippen molar-refractivity contribution in [2.75, 3.05) is 7.11 Å². The Kier molecular flexibility index (Phi) is 9.03. The van der Waals surface area contributed by atoms with Crippen LogP contribution in [-0.2, 0) is 9.53 Å². The minimum Gasteiger partial charge on any atom is -0.469 e. The van der Waals surface area contributed by atoms with E-state index in [2.05, 4.69) is 4.74 Å². The van der Waals surface area contributed by atoms with E-state index < -0.39 is 0 Å². The molecule has 8 heavy (non-hydrogen) atoms. The van der Waals surface area contributed by atoms with Crippen LogP contribution in [0.4, 0.5) is 0 Å². The lowest BCUT2D eigenvalue weighted by molar-refractivity contribution is -0.140. The van der Waals surface area contributed by atoms with Gasteiger partial charge in [-0.15, -0.1) is 12.4 Å². The molecule has 0 aromatic heterocycles. The average Bonchev–Trinajstić information content (AvgIpc) is 1.68. The summed E-state index contributed by atoms with van der Waals surface area (Å²) in [7, 11) is 1.40. The predicted molar refractivity (Wildman–Crippen MR) is 34.2 cm³/mol. The lowest BCUT2D eigenvalue weighted by atomic mass is 10.3. The van der Waals surface area contributed by atoms with E-state index >= 15 is 0 Å². The summed E-state index contributed by atoms with van der Waals surface area (Å²) >= 11 is 0. The first-order chi connectivity index (χ1) is 3.31. The molecule has 0 aromatic carbocycles. The third-order valence-electron chi connectivity index (χ3n) is 0.682. The van der Waals surface area contributed by atoms with Gasteiger partial charge in [0, 0.05) is 6.42 Å². The van der Waals surface area contributed by atoms with Crippen LogP contribution in [0.15, 0.2) is 0 Å². The summed E-state index contributed by atoms with van der Waals surface area (Å²) in [6, 6.07) is 0. The largest absolute Gasteiger partial charge is 0.469 e. The second-order valence-electron chi connectivity index (χ2n) is 1.33.